The van der Waals surface area contributed by atoms with Gasteiger partial charge >= 0.3 is 5.97 Å². The van der Waals surface area contributed by atoms with Crippen LogP contribution in [0.1, 0.15) is 29.5 Å². The Hall–Kier alpha value is -2.65. The summed E-state index contributed by atoms with van der Waals surface area (Å²) < 4.78 is 5.32. The van der Waals surface area contributed by atoms with Crippen molar-refractivity contribution in [3.05, 3.63) is 84.0 Å². The van der Waals surface area contributed by atoms with Gasteiger partial charge in [-0.3, -0.25) is 0 Å². The van der Waals surface area contributed by atoms with E-state index in [-0.39, 0.29) is 5.97 Å². The molecule has 0 N–H and O–H groups in total. The van der Waals surface area contributed by atoms with Crippen molar-refractivity contribution >= 4 is 5.97 Å². The molecule has 0 aliphatic heterocycles. The Morgan fingerprint density at radius 2 is 1.76 bits per heavy atom. The lowest BCUT2D eigenvalue weighted by atomic mass is 9.96. The third-order valence-corrected chi connectivity index (χ3v) is 4.83. The summed E-state index contributed by atoms with van der Waals surface area (Å²) >= 11 is 0. The van der Waals surface area contributed by atoms with E-state index in [1.165, 1.54) is 27.8 Å². The van der Waals surface area contributed by atoms with Crippen molar-refractivity contribution in [3.8, 4) is 11.1 Å². The maximum Gasteiger partial charge on any atom is 0.334 e. The van der Waals surface area contributed by atoms with Crippen LogP contribution in [-0.2, 0) is 22.4 Å². The Kier molecular flexibility index (Phi) is 8.88. The Balaban J connectivity index is 1.87. The molecule has 0 aromatic heterocycles. The predicted molar refractivity (Wildman–Crippen MR) is 122 cm³/mol. The van der Waals surface area contributed by atoms with Crippen molar-refractivity contribution in [2.45, 2.75) is 32.6 Å². The van der Waals surface area contributed by atoms with Gasteiger partial charge in [-0.25, -0.2) is 4.79 Å². The first-order valence-electron chi connectivity index (χ1n) is 10.2. The Bertz CT molecular complexity index is 834. The lowest BCUT2D eigenvalue weighted by molar-refractivity contribution is -0.139. The average molecular weight is 392 g/mol. The second-order valence-corrected chi connectivity index (χ2v) is 7.75. The minimum absolute atomic E-state index is 0.304. The Labute approximate surface area is 175 Å². The highest BCUT2D eigenvalue weighted by Crippen LogP contribution is 2.25. The molecular formula is C26H33NO2. The number of esters is 1. The van der Waals surface area contributed by atoms with Gasteiger partial charge in [-0.15, -0.1) is 6.58 Å². The highest BCUT2D eigenvalue weighted by Gasteiger charge is 2.09. The number of carbonyl (C=O) groups excluding carboxylic acids is 1. The van der Waals surface area contributed by atoms with Crippen LogP contribution in [0.5, 0.6) is 0 Å². The van der Waals surface area contributed by atoms with Gasteiger partial charge in [-0.1, -0.05) is 55.1 Å². The SMILES string of the molecule is C=CCCc1ccc(-c2ccc(CCCOC(=O)C(=C)CN(C)C)cc2C)cc1. The number of aryl methyl sites for hydroxylation is 3. The van der Waals surface area contributed by atoms with Crippen LogP contribution in [0.15, 0.2) is 67.3 Å². The molecule has 2 aromatic carbocycles. The zero-order chi connectivity index (χ0) is 21.2. The molecule has 0 saturated heterocycles. The molecule has 0 heterocycles. The molecule has 0 bridgehead atoms. The average Bonchev–Trinajstić information content (AvgIpc) is 2.69. The minimum Gasteiger partial charge on any atom is -0.462 e. The van der Waals surface area contributed by atoms with Crippen molar-refractivity contribution < 1.29 is 9.53 Å². The summed E-state index contributed by atoms with van der Waals surface area (Å²) in [5.41, 5.74) is 6.85. The standard InChI is InChI=1S/C26H33NO2/c1-6-7-9-22-11-14-24(15-12-22)25-16-13-23(18-20(25)2)10-8-17-29-26(28)21(3)19-27(4)5/h6,11-16,18H,1,3,7-10,17,19H2,2,4-5H3. The third-order valence-electron chi connectivity index (χ3n) is 4.83. The highest BCUT2D eigenvalue weighted by atomic mass is 16.5. The van der Waals surface area contributed by atoms with E-state index in [0.29, 0.717) is 18.7 Å². The van der Waals surface area contributed by atoms with Crippen LogP contribution in [0.4, 0.5) is 0 Å². The van der Waals surface area contributed by atoms with Gasteiger partial charge < -0.3 is 9.64 Å². The maximum atomic E-state index is 11.9. The number of ether oxygens (including phenoxy) is 1. The molecule has 0 atom stereocenters. The van der Waals surface area contributed by atoms with Crippen LogP contribution in [0.2, 0.25) is 0 Å². The second kappa shape index (κ2) is 11.4. The summed E-state index contributed by atoms with van der Waals surface area (Å²) in [6, 6.07) is 15.4. The van der Waals surface area contributed by atoms with Gasteiger partial charge in [0.1, 0.15) is 0 Å². The number of carbonyl (C=O) groups is 1. The van der Waals surface area contributed by atoms with E-state index in [4.69, 9.17) is 4.74 Å². The minimum atomic E-state index is -0.304. The van der Waals surface area contributed by atoms with Crippen LogP contribution in [0, 0.1) is 6.92 Å². The van der Waals surface area contributed by atoms with Crippen molar-refractivity contribution in [3.63, 3.8) is 0 Å². The third kappa shape index (κ3) is 7.35. The Morgan fingerprint density at radius 1 is 1.07 bits per heavy atom. The largest absolute Gasteiger partial charge is 0.462 e. The number of likely N-dealkylation sites (N-methyl/N-ethyl adjacent to an activating group) is 1. The zero-order valence-electron chi connectivity index (χ0n) is 18.0. The molecule has 0 radical (unpaired) electrons. The molecule has 3 nitrogen and oxygen atoms in total. The summed E-state index contributed by atoms with van der Waals surface area (Å²) in [5, 5.41) is 0. The first kappa shape index (κ1) is 22.6. The van der Waals surface area contributed by atoms with Crippen LogP contribution in [0.3, 0.4) is 0 Å². The van der Waals surface area contributed by atoms with Crippen LogP contribution < -0.4 is 0 Å². The summed E-state index contributed by atoms with van der Waals surface area (Å²) in [6.45, 7) is 10.7. The van der Waals surface area contributed by atoms with E-state index in [1.807, 2.05) is 25.1 Å². The molecule has 0 aliphatic rings. The summed E-state index contributed by atoms with van der Waals surface area (Å²) in [4.78, 5) is 13.8. The highest BCUT2D eigenvalue weighted by molar-refractivity contribution is 5.88. The van der Waals surface area contributed by atoms with Crippen LogP contribution in [-0.4, -0.2) is 38.1 Å². The first-order chi connectivity index (χ1) is 13.9. The van der Waals surface area contributed by atoms with E-state index >= 15 is 0 Å². The molecule has 154 valence electrons. The van der Waals surface area contributed by atoms with E-state index in [9.17, 15) is 4.79 Å². The molecule has 0 amide bonds. The van der Waals surface area contributed by atoms with Crippen molar-refractivity contribution in [1.29, 1.82) is 0 Å². The lowest BCUT2D eigenvalue weighted by Gasteiger charge is -2.12. The van der Waals surface area contributed by atoms with Gasteiger partial charge in [0.15, 0.2) is 0 Å². The van der Waals surface area contributed by atoms with Crippen LogP contribution in [0.25, 0.3) is 11.1 Å². The number of hydrogen-bond donors (Lipinski definition) is 0. The van der Waals surface area contributed by atoms with Gasteiger partial charge in [0, 0.05) is 12.1 Å². The van der Waals surface area contributed by atoms with E-state index < -0.39 is 0 Å². The fourth-order valence-electron chi connectivity index (χ4n) is 3.31. The number of nitrogens with zero attached hydrogens (tertiary/aromatic N) is 1. The molecule has 0 unspecified atom stereocenters. The topological polar surface area (TPSA) is 29.5 Å². The number of allylic oxidation sites excluding steroid dienone is 1. The van der Waals surface area contributed by atoms with Crippen molar-refractivity contribution in [1.82, 2.24) is 4.90 Å². The van der Waals surface area contributed by atoms with E-state index in [0.717, 1.165) is 25.7 Å². The lowest BCUT2D eigenvalue weighted by Crippen LogP contribution is -2.21. The monoisotopic (exact) mass is 391 g/mol. The zero-order valence-corrected chi connectivity index (χ0v) is 18.0. The van der Waals surface area contributed by atoms with Gasteiger partial charge in [0.2, 0.25) is 0 Å². The normalized spacial score (nSPS) is 10.8. The molecule has 0 aliphatic carbocycles. The quantitative estimate of drug-likeness (QED) is 0.223. The van der Waals surface area contributed by atoms with E-state index in [1.54, 1.807) is 0 Å². The maximum absolute atomic E-state index is 11.9. The number of benzene rings is 2. The number of rotatable bonds is 11. The van der Waals surface area contributed by atoms with Crippen molar-refractivity contribution in [2.75, 3.05) is 27.2 Å². The molecule has 0 spiro atoms. The fraction of sp³-hybridized carbons (Fsp3) is 0.346. The molecule has 0 fully saturated rings. The van der Waals surface area contributed by atoms with Crippen LogP contribution >= 0.6 is 0 Å². The Morgan fingerprint density at radius 3 is 2.38 bits per heavy atom. The summed E-state index contributed by atoms with van der Waals surface area (Å²) in [6.07, 6.45) is 5.69. The number of hydrogen-bond acceptors (Lipinski definition) is 3. The van der Waals surface area contributed by atoms with Gasteiger partial charge in [0.25, 0.3) is 0 Å². The summed E-state index contributed by atoms with van der Waals surface area (Å²) in [5.74, 6) is -0.304. The molecule has 29 heavy (non-hydrogen) atoms. The van der Waals surface area contributed by atoms with Crippen molar-refractivity contribution in [2.24, 2.45) is 0 Å². The van der Waals surface area contributed by atoms with Gasteiger partial charge in [0.05, 0.1) is 6.61 Å². The molecule has 3 heteroatoms. The molecule has 2 aromatic rings. The van der Waals surface area contributed by atoms with Gasteiger partial charge in [-0.2, -0.15) is 0 Å². The second-order valence-electron chi connectivity index (χ2n) is 7.75. The summed E-state index contributed by atoms with van der Waals surface area (Å²) in [7, 11) is 3.81. The molecule has 2 rings (SSSR count). The predicted octanol–water partition coefficient (Wildman–Crippen LogP) is 5.37. The molecular weight excluding hydrogens is 358 g/mol. The smallest absolute Gasteiger partial charge is 0.334 e. The van der Waals surface area contributed by atoms with Gasteiger partial charge in [-0.05, 0) is 74.5 Å². The fourth-order valence-corrected chi connectivity index (χ4v) is 3.31. The first-order valence-corrected chi connectivity index (χ1v) is 10.2. The van der Waals surface area contributed by atoms with E-state index in [2.05, 4.69) is 62.5 Å². The molecule has 0 saturated carbocycles.